The molecule has 0 spiro atoms. The van der Waals surface area contributed by atoms with E-state index in [-0.39, 0.29) is 23.9 Å². The molecule has 3 rings (SSSR count). The zero-order valence-corrected chi connectivity index (χ0v) is 12.9. The van der Waals surface area contributed by atoms with Gasteiger partial charge in [-0.3, -0.25) is 9.20 Å². The number of nitrogens with zero attached hydrogens (tertiary/aromatic N) is 3. The van der Waals surface area contributed by atoms with Crippen molar-refractivity contribution < 1.29 is 23.4 Å². The van der Waals surface area contributed by atoms with Gasteiger partial charge < -0.3 is 20.5 Å². The lowest BCUT2D eigenvalue weighted by Gasteiger charge is -2.34. The number of amides is 1. The van der Waals surface area contributed by atoms with Gasteiger partial charge in [-0.2, -0.15) is 0 Å². The zero-order chi connectivity index (χ0) is 17.3. The molecule has 130 valence electrons. The Bertz CT molecular complexity index is 748. The van der Waals surface area contributed by atoms with Gasteiger partial charge in [0.1, 0.15) is 0 Å². The Morgan fingerprint density at radius 2 is 2.29 bits per heavy atom. The van der Waals surface area contributed by atoms with Gasteiger partial charge in [-0.1, -0.05) is 0 Å². The molecule has 3 heterocycles. The minimum absolute atomic E-state index is 0.0244. The highest BCUT2D eigenvalue weighted by Crippen LogP contribution is 2.26. The summed E-state index contributed by atoms with van der Waals surface area (Å²) in [5, 5.41) is 9.03. The third kappa shape index (κ3) is 3.04. The summed E-state index contributed by atoms with van der Waals surface area (Å²) in [6.07, 6.45) is -0.902. The van der Waals surface area contributed by atoms with Gasteiger partial charge in [0.25, 0.3) is 12.3 Å². The molecule has 1 aliphatic rings. The molecule has 1 unspecified atom stereocenters. The third-order valence-electron chi connectivity index (χ3n) is 4.03. The summed E-state index contributed by atoms with van der Waals surface area (Å²) in [6.45, 7) is 1.67. The molecular formula is C15H18F2N4O3. The highest BCUT2D eigenvalue weighted by atomic mass is 19.3. The van der Waals surface area contributed by atoms with Crippen molar-refractivity contribution >= 4 is 17.1 Å². The molecule has 1 saturated heterocycles. The van der Waals surface area contributed by atoms with Crippen LogP contribution in [0.1, 0.15) is 29.2 Å². The molecule has 0 saturated carbocycles. The van der Waals surface area contributed by atoms with Gasteiger partial charge in [0.15, 0.2) is 11.5 Å². The number of anilines is 1. The smallest absolute Gasteiger partial charge is 0.295 e. The highest BCUT2D eigenvalue weighted by Gasteiger charge is 2.24. The van der Waals surface area contributed by atoms with Crippen molar-refractivity contribution in [3.05, 3.63) is 29.8 Å². The summed E-state index contributed by atoms with van der Waals surface area (Å²) >= 11 is 0. The van der Waals surface area contributed by atoms with Gasteiger partial charge in [0.2, 0.25) is 0 Å². The van der Waals surface area contributed by atoms with Gasteiger partial charge in [0.05, 0.1) is 23.9 Å². The van der Waals surface area contributed by atoms with Crippen molar-refractivity contribution in [2.75, 3.05) is 31.2 Å². The Labute approximate surface area is 136 Å². The summed E-state index contributed by atoms with van der Waals surface area (Å²) in [4.78, 5) is 17.1. The van der Waals surface area contributed by atoms with Crippen molar-refractivity contribution in [2.24, 2.45) is 5.73 Å². The number of alkyl halides is 2. The highest BCUT2D eigenvalue weighted by molar-refractivity contribution is 5.98. The molecule has 0 aromatic carbocycles. The minimum atomic E-state index is -2.83. The van der Waals surface area contributed by atoms with E-state index < -0.39 is 18.2 Å². The van der Waals surface area contributed by atoms with Gasteiger partial charge in [-0.05, 0) is 18.6 Å². The Morgan fingerprint density at radius 1 is 1.50 bits per heavy atom. The molecule has 7 nitrogen and oxygen atoms in total. The summed E-state index contributed by atoms with van der Waals surface area (Å²) in [6, 6.07) is 3.30. The summed E-state index contributed by atoms with van der Waals surface area (Å²) in [7, 11) is 0. The number of aliphatic hydroxyl groups excluding tert-OH is 1. The molecule has 0 aliphatic carbocycles. The monoisotopic (exact) mass is 340 g/mol. The average molecular weight is 340 g/mol. The number of halogens is 2. The van der Waals surface area contributed by atoms with Crippen LogP contribution in [0.25, 0.3) is 5.52 Å². The van der Waals surface area contributed by atoms with Crippen LogP contribution in [0.4, 0.5) is 14.5 Å². The number of fused-ring (bicyclic) bond motifs is 1. The van der Waals surface area contributed by atoms with E-state index in [0.29, 0.717) is 31.8 Å². The second kappa shape index (κ2) is 6.70. The van der Waals surface area contributed by atoms with Gasteiger partial charge in [0, 0.05) is 25.9 Å². The van der Waals surface area contributed by atoms with Gasteiger partial charge >= 0.3 is 0 Å². The number of primary amides is 1. The number of imidazole rings is 1. The van der Waals surface area contributed by atoms with Crippen LogP contribution in [0, 0.1) is 0 Å². The fourth-order valence-corrected chi connectivity index (χ4v) is 2.89. The maximum atomic E-state index is 13.2. The quantitative estimate of drug-likeness (QED) is 0.846. The molecule has 3 N–H and O–H groups in total. The summed E-state index contributed by atoms with van der Waals surface area (Å²) in [5.74, 6) is -1.36. The van der Waals surface area contributed by atoms with Crippen LogP contribution < -0.4 is 10.6 Å². The van der Waals surface area contributed by atoms with Crippen LogP contribution >= 0.6 is 0 Å². The van der Waals surface area contributed by atoms with Crippen LogP contribution in [-0.2, 0) is 4.74 Å². The van der Waals surface area contributed by atoms with Gasteiger partial charge in [-0.25, -0.2) is 13.8 Å². The number of rotatable bonds is 5. The number of ether oxygens (including phenoxy) is 1. The standard InChI is InChI=1S/C15H18F2N4O3/c16-13(17)15-19-12(14(18)23)11-2-1-9(7-21(11)15)20-4-6-24-10(8-20)3-5-22/h1-2,7,10,13,22H,3-6,8H2,(H2,18,23). The van der Waals surface area contributed by atoms with E-state index in [9.17, 15) is 13.6 Å². The van der Waals surface area contributed by atoms with E-state index >= 15 is 0 Å². The van der Waals surface area contributed by atoms with E-state index in [1.54, 1.807) is 12.1 Å². The third-order valence-corrected chi connectivity index (χ3v) is 4.03. The van der Waals surface area contributed by atoms with Crippen molar-refractivity contribution in [3.8, 4) is 0 Å². The second-order valence-corrected chi connectivity index (χ2v) is 5.58. The van der Waals surface area contributed by atoms with E-state index in [0.717, 1.165) is 0 Å². The van der Waals surface area contributed by atoms with Crippen molar-refractivity contribution in [1.82, 2.24) is 9.38 Å². The SMILES string of the molecule is NC(=O)c1nc(C(F)F)n2cc(N3CCOC(CCO)C3)ccc12. The van der Waals surface area contributed by atoms with Crippen molar-refractivity contribution in [3.63, 3.8) is 0 Å². The van der Waals surface area contributed by atoms with Crippen LogP contribution in [0.2, 0.25) is 0 Å². The Balaban J connectivity index is 1.98. The number of nitrogens with two attached hydrogens (primary N) is 1. The first-order chi connectivity index (χ1) is 11.5. The largest absolute Gasteiger partial charge is 0.396 e. The fraction of sp³-hybridized carbons (Fsp3) is 0.467. The first kappa shape index (κ1) is 16.6. The number of carbonyl (C=O) groups excluding carboxylic acids is 1. The number of morpholine rings is 1. The fourth-order valence-electron chi connectivity index (χ4n) is 2.89. The van der Waals surface area contributed by atoms with E-state index in [2.05, 4.69) is 4.98 Å². The van der Waals surface area contributed by atoms with E-state index in [1.807, 2.05) is 4.90 Å². The van der Waals surface area contributed by atoms with Crippen molar-refractivity contribution in [2.45, 2.75) is 19.0 Å². The number of hydrogen-bond donors (Lipinski definition) is 2. The Hall–Kier alpha value is -2.26. The normalized spacial score (nSPS) is 18.5. The van der Waals surface area contributed by atoms with Crippen molar-refractivity contribution in [1.29, 1.82) is 0 Å². The number of carbonyl (C=O) groups is 1. The lowest BCUT2D eigenvalue weighted by atomic mass is 10.2. The lowest BCUT2D eigenvalue weighted by molar-refractivity contribution is 0.0247. The number of pyridine rings is 1. The first-order valence-corrected chi connectivity index (χ1v) is 7.58. The minimum Gasteiger partial charge on any atom is -0.396 e. The van der Waals surface area contributed by atoms with Crippen LogP contribution in [0.5, 0.6) is 0 Å². The number of aliphatic hydroxyl groups is 1. The molecule has 1 atom stereocenters. The Morgan fingerprint density at radius 3 is 2.96 bits per heavy atom. The molecule has 1 aliphatic heterocycles. The second-order valence-electron chi connectivity index (χ2n) is 5.58. The average Bonchev–Trinajstić information content (AvgIpc) is 2.94. The molecule has 2 aromatic rings. The molecule has 1 fully saturated rings. The number of aromatic nitrogens is 2. The molecule has 0 bridgehead atoms. The lowest BCUT2D eigenvalue weighted by Crippen LogP contribution is -2.43. The predicted molar refractivity (Wildman–Crippen MR) is 82.3 cm³/mol. The maximum absolute atomic E-state index is 13.2. The molecule has 2 aromatic heterocycles. The molecule has 0 radical (unpaired) electrons. The molecule has 9 heteroatoms. The zero-order valence-electron chi connectivity index (χ0n) is 12.9. The maximum Gasteiger partial charge on any atom is 0.295 e. The summed E-state index contributed by atoms with van der Waals surface area (Å²) in [5.41, 5.74) is 6.01. The topological polar surface area (TPSA) is 93.1 Å². The Kier molecular flexibility index (Phi) is 4.63. The predicted octanol–water partition coefficient (Wildman–Crippen LogP) is 0.958. The van der Waals surface area contributed by atoms with Crippen LogP contribution in [0.3, 0.4) is 0 Å². The molecule has 24 heavy (non-hydrogen) atoms. The van der Waals surface area contributed by atoms with Crippen LogP contribution in [-0.4, -0.2) is 52.8 Å². The van der Waals surface area contributed by atoms with Gasteiger partial charge in [-0.15, -0.1) is 0 Å². The van der Waals surface area contributed by atoms with Crippen LogP contribution in [0.15, 0.2) is 18.3 Å². The summed E-state index contributed by atoms with van der Waals surface area (Å²) < 4.78 is 33.2. The first-order valence-electron chi connectivity index (χ1n) is 7.58. The van der Waals surface area contributed by atoms with E-state index in [1.165, 1.54) is 10.6 Å². The molecule has 1 amide bonds. The number of hydrogen-bond acceptors (Lipinski definition) is 5. The molecular weight excluding hydrogens is 322 g/mol. The van der Waals surface area contributed by atoms with E-state index in [4.69, 9.17) is 15.6 Å².